The van der Waals surface area contributed by atoms with Crippen LogP contribution in [0.15, 0.2) is 5.51 Å². The zero-order chi connectivity index (χ0) is 10.6. The van der Waals surface area contributed by atoms with E-state index >= 15 is 0 Å². The molecule has 6 heteroatoms. The van der Waals surface area contributed by atoms with Crippen molar-refractivity contribution in [2.45, 2.75) is 0 Å². The minimum Gasteiger partial charge on any atom is -0.476 e. The molecule has 0 amide bonds. The van der Waals surface area contributed by atoms with Crippen molar-refractivity contribution in [2.75, 3.05) is 7.11 Å². The number of nitrogens with zero attached hydrogens (tertiary/aromatic N) is 1. The molecule has 0 atom stereocenters. The quantitative estimate of drug-likeness (QED) is 0.536. The number of hydrogen-bond donors (Lipinski definition) is 1. The van der Waals surface area contributed by atoms with Gasteiger partial charge >= 0.3 is 11.9 Å². The largest absolute Gasteiger partial charge is 0.476 e. The molecule has 1 aromatic rings. The van der Waals surface area contributed by atoms with Gasteiger partial charge in [0.05, 0.1) is 12.6 Å². The highest BCUT2D eigenvalue weighted by atomic mass is 32.1. The minimum absolute atomic E-state index is 0.147. The highest BCUT2D eigenvalue weighted by Crippen LogP contribution is 2.11. The van der Waals surface area contributed by atoms with Gasteiger partial charge in [0.2, 0.25) is 0 Å². The van der Waals surface area contributed by atoms with E-state index < -0.39 is 11.9 Å². The van der Waals surface area contributed by atoms with Gasteiger partial charge in [-0.2, -0.15) is 0 Å². The molecule has 72 valence electrons. The van der Waals surface area contributed by atoms with Crippen LogP contribution in [0.4, 0.5) is 0 Å². The Labute approximate surface area is 83.3 Å². The number of ether oxygens (including phenoxy) is 1. The van der Waals surface area contributed by atoms with E-state index in [1.807, 2.05) is 0 Å². The van der Waals surface area contributed by atoms with Crippen LogP contribution in [0.3, 0.4) is 0 Å². The maximum atomic E-state index is 10.6. The van der Waals surface area contributed by atoms with Gasteiger partial charge < -0.3 is 9.84 Å². The third-order valence-electron chi connectivity index (χ3n) is 1.23. The number of aromatic carboxylic acids is 1. The lowest BCUT2D eigenvalue weighted by atomic mass is 10.3. The number of carbonyl (C=O) groups is 2. The monoisotopic (exact) mass is 211 g/mol. The molecule has 0 aliphatic heterocycles. The Morgan fingerprint density at radius 3 is 2.93 bits per heavy atom. The molecule has 0 bridgehead atoms. The molecule has 0 radical (unpaired) electrons. The molecule has 1 heterocycles. The topological polar surface area (TPSA) is 76.5 Å². The molecule has 1 N–H and O–H groups in total. The van der Waals surface area contributed by atoms with Crippen molar-refractivity contribution in [3.8, 4) is 11.8 Å². The fourth-order valence-corrected chi connectivity index (χ4v) is 1.27. The van der Waals surface area contributed by atoms with Gasteiger partial charge in [-0.1, -0.05) is 0 Å². The second-order valence-electron chi connectivity index (χ2n) is 2.08. The molecular formula is C8H5NO4S. The number of carbonyl (C=O) groups excluding carboxylic acids is 1. The summed E-state index contributed by atoms with van der Waals surface area (Å²) in [5.41, 5.74) is 1.21. The van der Waals surface area contributed by atoms with Crippen LogP contribution in [0.25, 0.3) is 0 Å². The van der Waals surface area contributed by atoms with E-state index in [0.29, 0.717) is 0 Å². The SMILES string of the molecule is COC(=O)C#Cc1scnc1C(=O)O. The van der Waals surface area contributed by atoms with Crippen LogP contribution >= 0.6 is 11.3 Å². The Balaban J connectivity index is 2.95. The number of aromatic nitrogens is 1. The Morgan fingerprint density at radius 2 is 2.36 bits per heavy atom. The van der Waals surface area contributed by atoms with Crippen LogP contribution in [-0.4, -0.2) is 29.1 Å². The molecule has 0 saturated heterocycles. The fourth-order valence-electron chi connectivity index (χ4n) is 0.646. The van der Waals surface area contributed by atoms with Gasteiger partial charge in [-0.05, 0) is 5.92 Å². The summed E-state index contributed by atoms with van der Waals surface area (Å²) in [5.74, 6) is 2.62. The van der Waals surface area contributed by atoms with Crippen LogP contribution < -0.4 is 0 Å². The maximum Gasteiger partial charge on any atom is 0.384 e. The third-order valence-corrected chi connectivity index (χ3v) is 1.98. The molecule has 0 aromatic carbocycles. The first-order chi connectivity index (χ1) is 6.65. The number of hydrogen-bond acceptors (Lipinski definition) is 5. The number of methoxy groups -OCH3 is 1. The van der Waals surface area contributed by atoms with Crippen LogP contribution in [-0.2, 0) is 9.53 Å². The van der Waals surface area contributed by atoms with Crippen molar-refractivity contribution in [1.29, 1.82) is 0 Å². The molecule has 1 rings (SSSR count). The smallest absolute Gasteiger partial charge is 0.384 e. The second kappa shape index (κ2) is 4.39. The van der Waals surface area contributed by atoms with Gasteiger partial charge in [0, 0.05) is 5.92 Å². The van der Waals surface area contributed by atoms with Crippen LogP contribution in [0.1, 0.15) is 15.4 Å². The molecular weight excluding hydrogens is 206 g/mol. The predicted molar refractivity (Wildman–Crippen MR) is 48.0 cm³/mol. The van der Waals surface area contributed by atoms with Gasteiger partial charge in [-0.15, -0.1) is 11.3 Å². The highest BCUT2D eigenvalue weighted by Gasteiger charge is 2.11. The summed E-state index contributed by atoms with van der Waals surface area (Å²) in [6.45, 7) is 0. The van der Waals surface area contributed by atoms with E-state index in [0.717, 1.165) is 11.3 Å². The molecule has 0 unspecified atom stereocenters. The van der Waals surface area contributed by atoms with Crippen molar-refractivity contribution in [2.24, 2.45) is 0 Å². The first-order valence-electron chi connectivity index (χ1n) is 3.42. The fraction of sp³-hybridized carbons (Fsp3) is 0.125. The van der Waals surface area contributed by atoms with Gasteiger partial charge in [0.25, 0.3) is 0 Å². The number of carboxylic acid groups (broad SMARTS) is 1. The zero-order valence-electron chi connectivity index (χ0n) is 7.10. The lowest BCUT2D eigenvalue weighted by Crippen LogP contribution is -1.99. The number of thiazole rings is 1. The van der Waals surface area contributed by atoms with Gasteiger partial charge in [-0.25, -0.2) is 14.6 Å². The summed E-state index contributed by atoms with van der Waals surface area (Å²) in [5, 5.41) is 8.64. The average molecular weight is 211 g/mol. The maximum absolute atomic E-state index is 10.6. The van der Waals surface area contributed by atoms with Crippen molar-refractivity contribution < 1.29 is 19.4 Å². The molecule has 0 saturated carbocycles. The Kier molecular flexibility index (Phi) is 3.20. The summed E-state index contributed by atoms with van der Waals surface area (Å²) in [6, 6.07) is 0. The Hall–Kier alpha value is -1.87. The first kappa shape index (κ1) is 10.2. The Bertz CT molecular complexity index is 426. The van der Waals surface area contributed by atoms with Crippen molar-refractivity contribution in [1.82, 2.24) is 4.98 Å². The number of rotatable bonds is 1. The summed E-state index contributed by atoms with van der Waals surface area (Å²) >= 11 is 1.06. The van der Waals surface area contributed by atoms with E-state index in [9.17, 15) is 9.59 Å². The molecule has 0 spiro atoms. The van der Waals surface area contributed by atoms with Crippen molar-refractivity contribution in [3.63, 3.8) is 0 Å². The first-order valence-corrected chi connectivity index (χ1v) is 4.30. The molecule has 0 fully saturated rings. The van der Waals surface area contributed by atoms with Crippen LogP contribution in [0.2, 0.25) is 0 Å². The van der Waals surface area contributed by atoms with E-state index in [1.165, 1.54) is 12.6 Å². The third kappa shape index (κ3) is 2.31. The summed E-state index contributed by atoms with van der Waals surface area (Å²) in [4.78, 5) is 25.0. The van der Waals surface area contributed by atoms with Gasteiger partial charge in [0.1, 0.15) is 4.88 Å². The Morgan fingerprint density at radius 1 is 1.64 bits per heavy atom. The predicted octanol–water partition coefficient (Wildman–Crippen LogP) is 0.366. The summed E-state index contributed by atoms with van der Waals surface area (Å²) in [6.07, 6.45) is 0. The van der Waals surface area contributed by atoms with Gasteiger partial charge in [0.15, 0.2) is 5.69 Å². The van der Waals surface area contributed by atoms with Crippen LogP contribution in [0.5, 0.6) is 0 Å². The molecule has 0 aliphatic rings. The van der Waals surface area contributed by atoms with E-state index in [2.05, 4.69) is 21.6 Å². The summed E-state index contributed by atoms with van der Waals surface area (Å²) in [7, 11) is 1.20. The number of carboxylic acids is 1. The minimum atomic E-state index is -1.17. The normalized spacial score (nSPS) is 8.64. The van der Waals surface area contributed by atoms with Crippen molar-refractivity contribution >= 4 is 23.3 Å². The van der Waals surface area contributed by atoms with E-state index in [1.54, 1.807) is 0 Å². The summed E-state index contributed by atoms with van der Waals surface area (Å²) < 4.78 is 4.27. The van der Waals surface area contributed by atoms with Crippen molar-refractivity contribution in [3.05, 3.63) is 16.1 Å². The molecule has 14 heavy (non-hydrogen) atoms. The van der Waals surface area contributed by atoms with E-state index in [4.69, 9.17) is 5.11 Å². The zero-order valence-corrected chi connectivity index (χ0v) is 7.92. The average Bonchev–Trinajstić information content (AvgIpc) is 2.62. The highest BCUT2D eigenvalue weighted by molar-refractivity contribution is 7.10. The molecule has 5 nitrogen and oxygen atoms in total. The molecule has 1 aromatic heterocycles. The standard InChI is InChI=1S/C8H5NO4S/c1-13-6(10)3-2-5-7(8(11)12)9-4-14-5/h4H,1H3,(H,11,12). The number of esters is 1. The van der Waals surface area contributed by atoms with E-state index in [-0.39, 0.29) is 10.6 Å². The second-order valence-corrected chi connectivity index (χ2v) is 2.93. The molecule has 0 aliphatic carbocycles. The van der Waals surface area contributed by atoms with Crippen LogP contribution in [0, 0.1) is 11.8 Å². The van der Waals surface area contributed by atoms with Gasteiger partial charge in [-0.3, -0.25) is 0 Å². The lowest BCUT2D eigenvalue weighted by Gasteiger charge is -1.86. The lowest BCUT2D eigenvalue weighted by molar-refractivity contribution is -0.133.